The first-order chi connectivity index (χ1) is 8.38. The summed E-state index contributed by atoms with van der Waals surface area (Å²) in [5.74, 6) is 1.01. The summed E-state index contributed by atoms with van der Waals surface area (Å²) >= 11 is 0. The molecule has 0 aromatic carbocycles. The molecule has 100 valence electrons. The fraction of sp³-hybridized carbons (Fsp3) is 1.00. The van der Waals surface area contributed by atoms with Crippen molar-refractivity contribution in [2.75, 3.05) is 52.4 Å². The van der Waals surface area contributed by atoms with Gasteiger partial charge < -0.3 is 15.1 Å². The predicted octanol–water partition coefficient (Wildman–Crippen LogP) is 1.40. The molecule has 0 unspecified atom stereocenters. The van der Waals surface area contributed by atoms with E-state index in [1.807, 2.05) is 0 Å². The molecule has 0 aromatic rings. The first kappa shape index (κ1) is 13.3. The van der Waals surface area contributed by atoms with Gasteiger partial charge in [0.25, 0.3) is 0 Å². The van der Waals surface area contributed by atoms with Crippen molar-refractivity contribution in [3.63, 3.8) is 0 Å². The molecule has 0 atom stereocenters. The van der Waals surface area contributed by atoms with Crippen LogP contribution in [0.5, 0.6) is 0 Å². The van der Waals surface area contributed by atoms with E-state index in [0.717, 1.165) is 5.92 Å². The lowest BCUT2D eigenvalue weighted by Gasteiger charge is -2.34. The maximum absolute atomic E-state index is 3.45. The molecule has 0 aromatic heterocycles. The lowest BCUT2D eigenvalue weighted by molar-refractivity contribution is 0.133. The summed E-state index contributed by atoms with van der Waals surface area (Å²) in [6.07, 6.45) is 5.68. The molecule has 1 N–H and O–H groups in total. The summed E-state index contributed by atoms with van der Waals surface area (Å²) in [5, 5.41) is 3.45. The highest BCUT2D eigenvalue weighted by Crippen LogP contribution is 2.18. The van der Waals surface area contributed by atoms with Crippen molar-refractivity contribution in [1.82, 2.24) is 15.1 Å². The Morgan fingerprint density at radius 3 is 2.29 bits per heavy atom. The Labute approximate surface area is 107 Å². The van der Waals surface area contributed by atoms with Crippen LogP contribution in [0.2, 0.25) is 0 Å². The fourth-order valence-electron chi connectivity index (χ4n) is 3.10. The normalized spacial score (nSPS) is 25.2. The van der Waals surface area contributed by atoms with E-state index in [1.54, 1.807) is 0 Å². The van der Waals surface area contributed by atoms with Gasteiger partial charge in [-0.2, -0.15) is 0 Å². The Hall–Kier alpha value is -0.120. The van der Waals surface area contributed by atoms with Crippen molar-refractivity contribution < 1.29 is 0 Å². The van der Waals surface area contributed by atoms with E-state index >= 15 is 0 Å². The summed E-state index contributed by atoms with van der Waals surface area (Å²) in [6.45, 7) is 12.5. The number of likely N-dealkylation sites (N-methyl/N-ethyl adjacent to an activating group) is 1. The second-order valence-electron chi connectivity index (χ2n) is 5.61. The predicted molar refractivity (Wildman–Crippen MR) is 73.4 cm³/mol. The van der Waals surface area contributed by atoms with Gasteiger partial charge in [-0.1, -0.05) is 6.92 Å². The minimum atomic E-state index is 1.01. The van der Waals surface area contributed by atoms with Crippen LogP contribution >= 0.6 is 0 Å². The topological polar surface area (TPSA) is 18.5 Å². The summed E-state index contributed by atoms with van der Waals surface area (Å²) in [6, 6.07) is 0. The van der Waals surface area contributed by atoms with Gasteiger partial charge in [0, 0.05) is 26.2 Å². The lowest BCUT2D eigenvalue weighted by atomic mass is 9.93. The third kappa shape index (κ3) is 4.57. The molecule has 2 rings (SSSR count). The highest BCUT2D eigenvalue weighted by atomic mass is 15.3. The second-order valence-corrected chi connectivity index (χ2v) is 5.61. The third-order valence-electron chi connectivity index (χ3n) is 4.46. The van der Waals surface area contributed by atoms with E-state index < -0.39 is 0 Å². The standard InChI is InChI=1S/C14H29N3/c1-2-16-10-12-17(13-11-16)9-3-4-14-5-7-15-8-6-14/h14-15H,2-13H2,1H3. The van der Waals surface area contributed by atoms with E-state index in [9.17, 15) is 0 Å². The Morgan fingerprint density at radius 2 is 1.65 bits per heavy atom. The van der Waals surface area contributed by atoms with Gasteiger partial charge in [0.1, 0.15) is 0 Å². The van der Waals surface area contributed by atoms with Crippen LogP contribution in [0.4, 0.5) is 0 Å². The largest absolute Gasteiger partial charge is 0.317 e. The zero-order valence-corrected chi connectivity index (χ0v) is 11.5. The van der Waals surface area contributed by atoms with Crippen LogP contribution in [0.3, 0.4) is 0 Å². The summed E-state index contributed by atoms with van der Waals surface area (Å²) in [7, 11) is 0. The van der Waals surface area contributed by atoms with Gasteiger partial charge in [-0.25, -0.2) is 0 Å². The maximum atomic E-state index is 3.45. The van der Waals surface area contributed by atoms with Crippen molar-refractivity contribution in [1.29, 1.82) is 0 Å². The average Bonchev–Trinajstić information content (AvgIpc) is 2.41. The van der Waals surface area contributed by atoms with Crippen LogP contribution in [0.25, 0.3) is 0 Å². The number of rotatable bonds is 5. The van der Waals surface area contributed by atoms with Gasteiger partial charge >= 0.3 is 0 Å². The summed E-state index contributed by atoms with van der Waals surface area (Å²) in [4.78, 5) is 5.22. The highest BCUT2D eigenvalue weighted by molar-refractivity contribution is 4.73. The van der Waals surface area contributed by atoms with Gasteiger partial charge in [-0.3, -0.25) is 0 Å². The third-order valence-corrected chi connectivity index (χ3v) is 4.46. The lowest BCUT2D eigenvalue weighted by Crippen LogP contribution is -2.46. The Kier molecular flexibility index (Phi) is 5.75. The van der Waals surface area contributed by atoms with Crippen LogP contribution < -0.4 is 5.32 Å². The molecule has 0 amide bonds. The maximum Gasteiger partial charge on any atom is 0.0110 e. The number of piperazine rings is 1. The average molecular weight is 239 g/mol. The van der Waals surface area contributed by atoms with Gasteiger partial charge in [-0.15, -0.1) is 0 Å². The Morgan fingerprint density at radius 1 is 1.00 bits per heavy atom. The molecule has 2 fully saturated rings. The van der Waals surface area contributed by atoms with Crippen LogP contribution in [0.1, 0.15) is 32.6 Å². The monoisotopic (exact) mass is 239 g/mol. The van der Waals surface area contributed by atoms with Gasteiger partial charge in [-0.05, 0) is 57.8 Å². The van der Waals surface area contributed by atoms with E-state index in [-0.39, 0.29) is 0 Å². The van der Waals surface area contributed by atoms with Crippen molar-refractivity contribution in [3.8, 4) is 0 Å². The molecule has 2 aliphatic heterocycles. The number of piperidine rings is 1. The molecule has 0 saturated carbocycles. The zero-order chi connectivity index (χ0) is 11.9. The van der Waals surface area contributed by atoms with Crippen LogP contribution in [-0.4, -0.2) is 62.2 Å². The van der Waals surface area contributed by atoms with Crippen LogP contribution in [0.15, 0.2) is 0 Å². The molecular formula is C14H29N3. The van der Waals surface area contributed by atoms with Gasteiger partial charge in [0.2, 0.25) is 0 Å². The minimum Gasteiger partial charge on any atom is -0.317 e. The molecule has 0 radical (unpaired) electrons. The highest BCUT2D eigenvalue weighted by Gasteiger charge is 2.16. The van der Waals surface area contributed by atoms with E-state index in [2.05, 4.69) is 22.0 Å². The van der Waals surface area contributed by atoms with Gasteiger partial charge in [0.05, 0.1) is 0 Å². The molecule has 2 saturated heterocycles. The molecule has 3 nitrogen and oxygen atoms in total. The molecule has 2 heterocycles. The van der Waals surface area contributed by atoms with Crippen LogP contribution in [0, 0.1) is 5.92 Å². The molecule has 2 aliphatic rings. The SMILES string of the molecule is CCN1CCN(CCCC2CCNCC2)CC1. The fourth-order valence-corrected chi connectivity index (χ4v) is 3.10. The van der Waals surface area contributed by atoms with E-state index in [1.165, 1.54) is 78.0 Å². The molecule has 0 spiro atoms. The Balaban J connectivity index is 1.53. The molecule has 3 heteroatoms. The first-order valence-corrected chi connectivity index (χ1v) is 7.54. The van der Waals surface area contributed by atoms with Crippen LogP contribution in [-0.2, 0) is 0 Å². The van der Waals surface area contributed by atoms with Crippen molar-refractivity contribution in [2.45, 2.75) is 32.6 Å². The second kappa shape index (κ2) is 7.34. The minimum absolute atomic E-state index is 1.01. The molecular weight excluding hydrogens is 210 g/mol. The van der Waals surface area contributed by atoms with Gasteiger partial charge in [0.15, 0.2) is 0 Å². The van der Waals surface area contributed by atoms with E-state index in [4.69, 9.17) is 0 Å². The summed E-state index contributed by atoms with van der Waals surface area (Å²) < 4.78 is 0. The number of nitrogens with one attached hydrogen (secondary N) is 1. The van der Waals surface area contributed by atoms with E-state index in [0.29, 0.717) is 0 Å². The van der Waals surface area contributed by atoms with Crippen molar-refractivity contribution in [2.24, 2.45) is 5.92 Å². The molecule has 0 aliphatic carbocycles. The number of nitrogens with zero attached hydrogens (tertiary/aromatic N) is 2. The van der Waals surface area contributed by atoms with Crippen molar-refractivity contribution >= 4 is 0 Å². The first-order valence-electron chi connectivity index (χ1n) is 7.54. The zero-order valence-electron chi connectivity index (χ0n) is 11.5. The smallest absolute Gasteiger partial charge is 0.0110 e. The molecule has 17 heavy (non-hydrogen) atoms. The molecule has 0 bridgehead atoms. The quantitative estimate of drug-likeness (QED) is 0.782. The van der Waals surface area contributed by atoms with Crippen molar-refractivity contribution in [3.05, 3.63) is 0 Å². The summed E-state index contributed by atoms with van der Waals surface area (Å²) in [5.41, 5.74) is 0. The Bertz CT molecular complexity index is 194. The number of hydrogen-bond acceptors (Lipinski definition) is 3. The number of hydrogen-bond donors (Lipinski definition) is 1.